The number of benzene rings is 1. The second kappa shape index (κ2) is 6.35. The molecule has 0 amide bonds. The van der Waals surface area contributed by atoms with Crippen molar-refractivity contribution in [1.82, 2.24) is 0 Å². The largest absolute Gasteiger partial charge is 0.381 e. The highest BCUT2D eigenvalue weighted by Gasteiger charge is 2.35. The second-order valence-corrected chi connectivity index (χ2v) is 5.54. The lowest BCUT2D eigenvalue weighted by Crippen LogP contribution is -2.32. The molecule has 1 aromatic rings. The van der Waals surface area contributed by atoms with E-state index in [9.17, 15) is 0 Å². The topological polar surface area (TPSA) is 35.2 Å². The van der Waals surface area contributed by atoms with Gasteiger partial charge in [-0.1, -0.05) is 37.6 Å². The molecule has 2 heteroatoms. The summed E-state index contributed by atoms with van der Waals surface area (Å²) in [5.74, 6) is 0. The van der Waals surface area contributed by atoms with Crippen LogP contribution in [0.25, 0.3) is 0 Å². The van der Waals surface area contributed by atoms with E-state index < -0.39 is 0 Å². The number of rotatable bonds is 7. The molecule has 0 radical (unpaired) electrons. The van der Waals surface area contributed by atoms with Gasteiger partial charge >= 0.3 is 0 Å². The predicted octanol–water partition coefficient (Wildman–Crippen LogP) is 2.94. The van der Waals surface area contributed by atoms with Gasteiger partial charge in [-0.3, -0.25) is 0 Å². The smallest absolute Gasteiger partial charge is 0.0472 e. The van der Waals surface area contributed by atoms with Crippen LogP contribution in [-0.2, 0) is 17.6 Å². The number of hydrogen-bond acceptors (Lipinski definition) is 2. The first-order valence-electron chi connectivity index (χ1n) is 7.14. The van der Waals surface area contributed by atoms with Crippen LogP contribution in [0.3, 0.4) is 0 Å². The van der Waals surface area contributed by atoms with Crippen LogP contribution < -0.4 is 5.73 Å². The number of fused-ring (bicyclic) bond motifs is 1. The van der Waals surface area contributed by atoms with Crippen molar-refractivity contribution in [2.24, 2.45) is 11.1 Å². The van der Waals surface area contributed by atoms with Crippen LogP contribution in [0.5, 0.6) is 0 Å². The lowest BCUT2D eigenvalue weighted by molar-refractivity contribution is 0.0961. The summed E-state index contributed by atoms with van der Waals surface area (Å²) in [7, 11) is 0. The van der Waals surface area contributed by atoms with Crippen molar-refractivity contribution >= 4 is 0 Å². The van der Waals surface area contributed by atoms with Gasteiger partial charge in [0.25, 0.3) is 0 Å². The first-order valence-corrected chi connectivity index (χ1v) is 7.14. The van der Waals surface area contributed by atoms with Crippen LogP contribution in [-0.4, -0.2) is 19.8 Å². The van der Waals surface area contributed by atoms with E-state index in [0.717, 1.165) is 45.4 Å². The predicted molar refractivity (Wildman–Crippen MR) is 75.7 cm³/mol. The van der Waals surface area contributed by atoms with E-state index in [2.05, 4.69) is 31.2 Å². The molecule has 0 saturated heterocycles. The Morgan fingerprint density at radius 1 is 1.17 bits per heavy atom. The van der Waals surface area contributed by atoms with Gasteiger partial charge in [-0.25, -0.2) is 0 Å². The number of hydrogen-bond donors (Lipinski definition) is 1. The van der Waals surface area contributed by atoms with Crippen molar-refractivity contribution < 1.29 is 4.74 Å². The summed E-state index contributed by atoms with van der Waals surface area (Å²) in [4.78, 5) is 0. The summed E-state index contributed by atoms with van der Waals surface area (Å²) in [6.45, 7) is 4.70. The summed E-state index contributed by atoms with van der Waals surface area (Å²) in [5, 5.41) is 0. The molecule has 0 heterocycles. The Morgan fingerprint density at radius 2 is 1.83 bits per heavy atom. The molecule has 2 nitrogen and oxygen atoms in total. The molecule has 0 unspecified atom stereocenters. The van der Waals surface area contributed by atoms with Crippen LogP contribution in [0.4, 0.5) is 0 Å². The third kappa shape index (κ3) is 3.12. The van der Waals surface area contributed by atoms with Crippen molar-refractivity contribution in [3.8, 4) is 0 Å². The molecule has 1 aliphatic carbocycles. The van der Waals surface area contributed by atoms with E-state index in [1.54, 1.807) is 0 Å². The summed E-state index contributed by atoms with van der Waals surface area (Å²) in [6.07, 6.45) is 5.69. The van der Waals surface area contributed by atoms with Crippen LogP contribution in [0, 0.1) is 5.41 Å². The van der Waals surface area contributed by atoms with Gasteiger partial charge in [0, 0.05) is 13.2 Å². The third-order valence-electron chi connectivity index (χ3n) is 4.10. The highest BCUT2D eigenvalue weighted by atomic mass is 16.5. The van der Waals surface area contributed by atoms with Gasteiger partial charge in [-0.05, 0) is 48.8 Å². The lowest BCUT2D eigenvalue weighted by Gasteiger charge is -2.27. The maximum atomic E-state index is 6.03. The summed E-state index contributed by atoms with van der Waals surface area (Å²) in [6, 6.07) is 8.74. The lowest BCUT2D eigenvalue weighted by atomic mass is 9.82. The average Bonchev–Trinajstić information content (AvgIpc) is 2.77. The molecule has 0 spiro atoms. The molecule has 18 heavy (non-hydrogen) atoms. The maximum Gasteiger partial charge on any atom is 0.0472 e. The normalized spacial score (nSPS) is 16.8. The van der Waals surface area contributed by atoms with Gasteiger partial charge in [0.1, 0.15) is 0 Å². The minimum Gasteiger partial charge on any atom is -0.381 e. The van der Waals surface area contributed by atoms with Crippen molar-refractivity contribution in [3.63, 3.8) is 0 Å². The summed E-state index contributed by atoms with van der Waals surface area (Å²) < 4.78 is 5.71. The quantitative estimate of drug-likeness (QED) is 0.752. The van der Waals surface area contributed by atoms with E-state index in [1.807, 2.05) is 0 Å². The Labute approximate surface area is 111 Å². The van der Waals surface area contributed by atoms with Crippen LogP contribution in [0.1, 0.15) is 37.3 Å². The van der Waals surface area contributed by atoms with Crippen molar-refractivity contribution in [2.45, 2.75) is 39.0 Å². The van der Waals surface area contributed by atoms with E-state index >= 15 is 0 Å². The Kier molecular flexibility index (Phi) is 4.79. The number of nitrogens with two attached hydrogens (primary N) is 1. The first kappa shape index (κ1) is 13.6. The monoisotopic (exact) mass is 247 g/mol. The Balaban J connectivity index is 1.86. The fourth-order valence-electron chi connectivity index (χ4n) is 2.83. The van der Waals surface area contributed by atoms with Crippen LogP contribution in [0.15, 0.2) is 24.3 Å². The minimum atomic E-state index is 0.246. The van der Waals surface area contributed by atoms with Gasteiger partial charge < -0.3 is 10.5 Å². The molecule has 1 aliphatic rings. The second-order valence-electron chi connectivity index (χ2n) is 5.54. The zero-order valence-electron chi connectivity index (χ0n) is 11.5. The molecular formula is C16H25NO. The van der Waals surface area contributed by atoms with E-state index in [-0.39, 0.29) is 5.41 Å². The molecule has 0 bridgehead atoms. The fourth-order valence-corrected chi connectivity index (χ4v) is 2.83. The third-order valence-corrected chi connectivity index (χ3v) is 4.10. The van der Waals surface area contributed by atoms with E-state index in [4.69, 9.17) is 10.5 Å². The molecule has 2 N–H and O–H groups in total. The van der Waals surface area contributed by atoms with Gasteiger partial charge in [-0.15, -0.1) is 0 Å². The molecule has 2 rings (SSSR count). The minimum absolute atomic E-state index is 0.246. The standard InChI is InChI=1S/C16H25NO/c1-2-3-9-18-10-8-16(13-17)11-14-6-4-5-7-15(14)12-16/h4-7H,2-3,8-13,17H2,1H3. The molecule has 0 fully saturated rings. The highest BCUT2D eigenvalue weighted by molar-refractivity contribution is 5.34. The van der Waals surface area contributed by atoms with E-state index in [1.165, 1.54) is 17.5 Å². The Morgan fingerprint density at radius 3 is 2.39 bits per heavy atom. The average molecular weight is 247 g/mol. The molecule has 1 aromatic carbocycles. The summed E-state index contributed by atoms with van der Waals surface area (Å²) in [5.41, 5.74) is 9.25. The number of ether oxygens (including phenoxy) is 1. The van der Waals surface area contributed by atoms with Crippen molar-refractivity contribution in [2.75, 3.05) is 19.8 Å². The first-order chi connectivity index (χ1) is 8.79. The molecule has 0 atom stereocenters. The zero-order valence-corrected chi connectivity index (χ0v) is 11.5. The fraction of sp³-hybridized carbons (Fsp3) is 0.625. The molecule has 0 saturated carbocycles. The Bertz CT molecular complexity index is 350. The van der Waals surface area contributed by atoms with Gasteiger partial charge in [0.2, 0.25) is 0 Å². The zero-order chi connectivity index (χ0) is 12.8. The number of unbranched alkanes of at least 4 members (excludes halogenated alkanes) is 1. The van der Waals surface area contributed by atoms with Gasteiger partial charge in [0.05, 0.1) is 0 Å². The van der Waals surface area contributed by atoms with Crippen LogP contribution >= 0.6 is 0 Å². The van der Waals surface area contributed by atoms with Crippen molar-refractivity contribution in [3.05, 3.63) is 35.4 Å². The maximum absolute atomic E-state index is 6.03. The molecule has 0 aliphatic heterocycles. The SMILES string of the molecule is CCCCOCCC1(CN)Cc2ccccc2C1. The Hall–Kier alpha value is -0.860. The van der Waals surface area contributed by atoms with Crippen molar-refractivity contribution in [1.29, 1.82) is 0 Å². The molecule has 0 aromatic heterocycles. The summed E-state index contributed by atoms with van der Waals surface area (Å²) >= 11 is 0. The van der Waals surface area contributed by atoms with E-state index in [0.29, 0.717) is 0 Å². The molecule has 100 valence electrons. The van der Waals surface area contributed by atoms with Gasteiger partial charge in [0.15, 0.2) is 0 Å². The molecular weight excluding hydrogens is 222 g/mol. The highest BCUT2D eigenvalue weighted by Crippen LogP contribution is 2.38. The van der Waals surface area contributed by atoms with Crippen LogP contribution in [0.2, 0.25) is 0 Å². The van der Waals surface area contributed by atoms with Gasteiger partial charge in [-0.2, -0.15) is 0 Å².